The number of furan rings is 1. The number of fused-ring (bicyclic) bond motifs is 7. The number of aryl methyl sites for hydroxylation is 2. The van der Waals surface area contributed by atoms with Gasteiger partial charge in [0.1, 0.15) is 5.58 Å². The van der Waals surface area contributed by atoms with E-state index in [1.54, 1.807) is 18.2 Å². The Bertz CT molecular complexity index is 3720. The topological polar surface area (TPSA) is 43.9 Å². The van der Waals surface area contributed by atoms with E-state index in [4.69, 9.17) is 17.6 Å². The van der Waals surface area contributed by atoms with Crippen LogP contribution in [0.3, 0.4) is 0 Å². The predicted molar refractivity (Wildman–Crippen MR) is 278 cm³/mol. The van der Waals surface area contributed by atoms with E-state index in [9.17, 15) is 0 Å². The van der Waals surface area contributed by atoms with Gasteiger partial charge >= 0.3 is 0 Å². The van der Waals surface area contributed by atoms with Gasteiger partial charge < -0.3 is 14.0 Å². The van der Waals surface area contributed by atoms with Gasteiger partial charge in [0.25, 0.3) is 0 Å². The number of imidazole rings is 1. The summed E-state index contributed by atoms with van der Waals surface area (Å²) in [6.45, 7) is 10.9. The Morgan fingerprint density at radius 1 is 0.657 bits per heavy atom. The number of hydrogen-bond acceptors (Lipinski definition) is 3. The van der Waals surface area contributed by atoms with Crippen LogP contribution in [-0.2, 0) is 25.5 Å². The largest absolute Gasteiger partial charge is 0.501 e. The van der Waals surface area contributed by atoms with Crippen molar-refractivity contribution in [1.82, 2.24) is 14.5 Å². The van der Waals surface area contributed by atoms with Gasteiger partial charge in [-0.3, -0.25) is 4.98 Å². The first-order chi connectivity index (χ1) is 34.3. The van der Waals surface area contributed by atoms with Crippen LogP contribution in [0.1, 0.15) is 96.3 Å². The van der Waals surface area contributed by atoms with Crippen molar-refractivity contribution in [2.24, 2.45) is 0 Å². The maximum Gasteiger partial charge on any atom is 0.121 e. The molecule has 335 valence electrons. The Labute approximate surface area is 416 Å². The summed E-state index contributed by atoms with van der Waals surface area (Å²) in [6, 6.07) is 56.9. The molecule has 11 rings (SSSR count). The summed E-state index contributed by atoms with van der Waals surface area (Å²) < 4.78 is 56.8. The van der Waals surface area contributed by atoms with Crippen molar-refractivity contribution in [3.8, 4) is 39.5 Å². The zero-order valence-electron chi connectivity index (χ0n) is 44.7. The van der Waals surface area contributed by atoms with Crippen LogP contribution >= 0.6 is 0 Å². The molecule has 0 N–H and O–H groups in total. The zero-order chi connectivity index (χ0) is 50.9. The number of nitrogens with zero attached hydrogens (tertiary/aromatic N) is 3. The van der Waals surface area contributed by atoms with Crippen LogP contribution in [0.25, 0.3) is 94.0 Å². The predicted octanol–water partition coefficient (Wildman–Crippen LogP) is 17.1. The molecule has 3 heterocycles. The molecule has 67 heavy (non-hydrogen) atoms. The summed E-state index contributed by atoms with van der Waals surface area (Å²) in [5.74, 6) is 1.05. The molecule has 0 aliphatic carbocycles. The Morgan fingerprint density at radius 3 is 2.07 bits per heavy atom. The van der Waals surface area contributed by atoms with Crippen molar-refractivity contribution in [2.75, 3.05) is 0 Å². The number of aromatic nitrogens is 3. The SMILES string of the molecule is [2H]C([2H])([2H])c1c[c-]c(-c2ccc(C(C)(C)C)cn2)cc1.[2H]C([2H])([2H])c1c[c-]c(-c2nc3ccccc3n2-c2c(C(C)C)cc(-c3ccccc3)cc2C(C)C)c2oc3cc4c(ccc5ccccc54)cc3c12.[Ir]. The van der Waals surface area contributed by atoms with Crippen LogP contribution in [0.15, 0.2) is 162 Å². The molecule has 0 saturated carbocycles. The molecule has 0 spiro atoms. The third-order valence-corrected chi connectivity index (χ3v) is 12.7. The van der Waals surface area contributed by atoms with Crippen LogP contribution in [0.4, 0.5) is 0 Å². The second kappa shape index (κ2) is 18.2. The Kier molecular flexibility index (Phi) is 10.4. The maximum atomic E-state index is 8.57. The van der Waals surface area contributed by atoms with E-state index < -0.39 is 13.7 Å². The third-order valence-electron chi connectivity index (χ3n) is 12.7. The molecule has 4 nitrogen and oxygen atoms in total. The Hall–Kier alpha value is -6.65. The normalized spacial score (nSPS) is 13.5. The first kappa shape index (κ1) is 38.5. The molecule has 8 aromatic carbocycles. The van der Waals surface area contributed by atoms with Gasteiger partial charge in [0.15, 0.2) is 0 Å². The first-order valence-electron chi connectivity index (χ1n) is 25.7. The van der Waals surface area contributed by atoms with E-state index >= 15 is 0 Å². The molecule has 0 atom stereocenters. The molecule has 0 aliphatic heterocycles. The van der Waals surface area contributed by atoms with Crippen LogP contribution in [0, 0.1) is 25.8 Å². The van der Waals surface area contributed by atoms with E-state index in [0.717, 1.165) is 54.9 Å². The average Bonchev–Trinajstić information content (AvgIpc) is 3.93. The van der Waals surface area contributed by atoms with Gasteiger partial charge in [0.2, 0.25) is 0 Å². The first-order valence-corrected chi connectivity index (χ1v) is 22.7. The van der Waals surface area contributed by atoms with Crippen LogP contribution in [0.2, 0.25) is 0 Å². The summed E-state index contributed by atoms with van der Waals surface area (Å²) in [7, 11) is 0. The standard InChI is InChI=1S/C46H37N2O.C16H18N.Ir/c1-27(2)36-24-33(30-13-7-6-8-14-30)25-37(28(3)4)44(36)48-41-18-12-11-17-40(41)47-46(48)35-22-19-29(5)43-39-23-32-21-20-31-15-9-10-16-34(31)38(32)26-42(39)49-45(35)43;1-12-5-7-13(8-6-12)15-10-9-14(11-17-15)16(2,3)4;/h6-21,23-28H,1-5H3;5-7,9-11H,1-4H3;/q2*-1;/i5D3;1D3;. The fourth-order valence-electron chi connectivity index (χ4n) is 9.11. The van der Waals surface area contributed by atoms with E-state index in [2.05, 4.69) is 149 Å². The van der Waals surface area contributed by atoms with Crippen molar-refractivity contribution in [2.45, 2.75) is 79.4 Å². The number of hydrogen-bond donors (Lipinski definition) is 0. The monoisotopic (exact) mass is 1060 g/mol. The molecule has 0 aliphatic rings. The number of pyridine rings is 1. The number of para-hydroxylation sites is 2. The smallest absolute Gasteiger partial charge is 0.121 e. The molecule has 0 unspecified atom stereocenters. The maximum absolute atomic E-state index is 8.57. The zero-order valence-corrected chi connectivity index (χ0v) is 41.1. The van der Waals surface area contributed by atoms with Gasteiger partial charge in [-0.2, -0.15) is 0 Å². The molecular weight excluding hydrogens is 995 g/mol. The van der Waals surface area contributed by atoms with Crippen LogP contribution < -0.4 is 0 Å². The van der Waals surface area contributed by atoms with Gasteiger partial charge in [0.05, 0.1) is 22.4 Å². The van der Waals surface area contributed by atoms with Gasteiger partial charge in [-0.25, -0.2) is 0 Å². The van der Waals surface area contributed by atoms with E-state index in [-0.39, 0.29) is 42.9 Å². The summed E-state index contributed by atoms with van der Waals surface area (Å²) in [4.78, 5) is 9.72. The van der Waals surface area contributed by atoms with Gasteiger partial charge in [-0.1, -0.05) is 164 Å². The van der Waals surface area contributed by atoms with Gasteiger partial charge in [0, 0.05) is 45.6 Å². The second-order valence-electron chi connectivity index (χ2n) is 18.9. The molecule has 3 aromatic heterocycles. The fourth-order valence-corrected chi connectivity index (χ4v) is 9.11. The average molecular weight is 1060 g/mol. The van der Waals surface area contributed by atoms with E-state index in [0.29, 0.717) is 33.5 Å². The minimum Gasteiger partial charge on any atom is -0.501 e. The molecule has 0 bridgehead atoms. The summed E-state index contributed by atoms with van der Waals surface area (Å²) in [6.07, 6.45) is 1.86. The van der Waals surface area contributed by atoms with Gasteiger partial charge in [-0.05, 0) is 109 Å². The van der Waals surface area contributed by atoms with Crippen molar-refractivity contribution in [1.29, 1.82) is 0 Å². The van der Waals surface area contributed by atoms with E-state index in [1.807, 2.05) is 54.7 Å². The second-order valence-corrected chi connectivity index (χ2v) is 18.9. The van der Waals surface area contributed by atoms with Crippen molar-refractivity contribution < 1.29 is 32.7 Å². The van der Waals surface area contributed by atoms with Crippen LogP contribution in [-0.4, -0.2) is 14.5 Å². The van der Waals surface area contributed by atoms with Crippen molar-refractivity contribution in [3.63, 3.8) is 0 Å². The number of rotatable bonds is 6. The van der Waals surface area contributed by atoms with Crippen molar-refractivity contribution in [3.05, 3.63) is 198 Å². The summed E-state index contributed by atoms with van der Waals surface area (Å²) in [5.41, 5.74) is 12.7. The molecule has 0 amide bonds. The fraction of sp³-hybridized carbons (Fsp3) is 0.194. The molecular formula is C62H55IrN3O-2. The quantitative estimate of drug-likeness (QED) is 0.123. The number of benzene rings is 8. The van der Waals surface area contributed by atoms with Crippen molar-refractivity contribution >= 4 is 54.5 Å². The third kappa shape index (κ3) is 8.52. The molecule has 0 fully saturated rings. The summed E-state index contributed by atoms with van der Waals surface area (Å²) >= 11 is 0. The minimum absolute atomic E-state index is 0. The molecule has 0 saturated heterocycles. The van der Waals surface area contributed by atoms with Gasteiger partial charge in [-0.15, -0.1) is 53.1 Å². The molecule has 11 aromatic rings. The molecule has 1 radical (unpaired) electrons. The summed E-state index contributed by atoms with van der Waals surface area (Å²) in [5, 5.41) is 5.67. The van der Waals surface area contributed by atoms with E-state index in [1.165, 1.54) is 33.9 Å². The minimum atomic E-state index is -2.38. The Balaban J connectivity index is 0.000000264. The Morgan fingerprint density at radius 2 is 1.39 bits per heavy atom. The molecule has 5 heteroatoms. The van der Waals surface area contributed by atoms with Crippen LogP contribution in [0.5, 0.6) is 0 Å².